The Bertz CT molecular complexity index is 485. The third-order valence-electron chi connectivity index (χ3n) is 4.36. The van der Waals surface area contributed by atoms with E-state index in [9.17, 15) is 0 Å². The highest BCUT2D eigenvalue weighted by atomic mass is 16.3. The van der Waals surface area contributed by atoms with E-state index in [1.54, 1.807) is 0 Å². The molecule has 2 heterocycles. The van der Waals surface area contributed by atoms with E-state index in [-0.39, 0.29) is 12.0 Å². The molecule has 1 aliphatic heterocycles. The van der Waals surface area contributed by atoms with E-state index in [1.807, 2.05) is 0 Å². The van der Waals surface area contributed by atoms with E-state index < -0.39 is 0 Å². The van der Waals surface area contributed by atoms with Gasteiger partial charge in [-0.25, -0.2) is 5.84 Å². The van der Waals surface area contributed by atoms with Gasteiger partial charge in [0.05, 0.1) is 0 Å². The van der Waals surface area contributed by atoms with Crippen molar-refractivity contribution in [2.45, 2.75) is 32.1 Å². The molecule has 8 heteroatoms. The predicted octanol–water partition coefficient (Wildman–Crippen LogP) is 0.332. The van der Waals surface area contributed by atoms with Crippen molar-refractivity contribution < 1.29 is 5.11 Å². The van der Waals surface area contributed by atoms with Crippen molar-refractivity contribution >= 4 is 17.8 Å². The lowest BCUT2D eigenvalue weighted by Crippen LogP contribution is -2.24. The Morgan fingerprint density at radius 3 is 2.48 bits per heavy atom. The van der Waals surface area contributed by atoms with Crippen molar-refractivity contribution in [3.63, 3.8) is 0 Å². The van der Waals surface area contributed by atoms with Crippen molar-refractivity contribution in [3.8, 4) is 0 Å². The van der Waals surface area contributed by atoms with Gasteiger partial charge in [0.2, 0.25) is 17.8 Å². The SMILES string of the molecule is NNc1nc(NCC2(CCO)CC2)nc(N2CCCC2)n1. The minimum absolute atomic E-state index is 0.214. The molecule has 2 fully saturated rings. The number of hydrogen-bond donors (Lipinski definition) is 4. The van der Waals surface area contributed by atoms with Gasteiger partial charge in [0.1, 0.15) is 0 Å². The van der Waals surface area contributed by atoms with Crippen LogP contribution in [0.25, 0.3) is 0 Å². The average Bonchev–Trinajstić information content (AvgIpc) is 3.05. The molecule has 21 heavy (non-hydrogen) atoms. The van der Waals surface area contributed by atoms with Crippen molar-refractivity contribution in [1.29, 1.82) is 0 Å². The fourth-order valence-corrected chi connectivity index (χ4v) is 2.76. The van der Waals surface area contributed by atoms with E-state index >= 15 is 0 Å². The summed E-state index contributed by atoms with van der Waals surface area (Å²) < 4.78 is 0. The molecule has 0 bridgehead atoms. The molecule has 116 valence electrons. The molecule has 0 unspecified atom stereocenters. The van der Waals surface area contributed by atoms with Gasteiger partial charge in [0, 0.05) is 26.2 Å². The summed E-state index contributed by atoms with van der Waals surface area (Å²) in [7, 11) is 0. The Labute approximate surface area is 124 Å². The fraction of sp³-hybridized carbons (Fsp3) is 0.769. The molecule has 0 atom stereocenters. The second-order valence-electron chi connectivity index (χ2n) is 5.95. The maximum atomic E-state index is 9.11. The number of aliphatic hydroxyl groups excluding tert-OH is 1. The number of nitrogens with two attached hydrogens (primary N) is 1. The standard InChI is InChI=1S/C13H23N7O/c14-19-11-16-10(15-9-13(3-4-13)5-8-21)17-12(18-11)20-6-1-2-7-20/h21H,1-9,14H2,(H2,15,16,17,18,19). The predicted molar refractivity (Wildman–Crippen MR) is 80.9 cm³/mol. The molecule has 0 aromatic carbocycles. The van der Waals surface area contributed by atoms with Crippen molar-refractivity contribution in [3.05, 3.63) is 0 Å². The van der Waals surface area contributed by atoms with Gasteiger partial charge in [-0.05, 0) is 37.5 Å². The molecule has 1 aromatic heterocycles. The van der Waals surface area contributed by atoms with E-state index in [4.69, 9.17) is 10.9 Å². The molecule has 1 aromatic rings. The zero-order valence-electron chi connectivity index (χ0n) is 12.2. The molecule has 0 amide bonds. The third kappa shape index (κ3) is 3.33. The molecule has 1 saturated carbocycles. The number of hydrazine groups is 1. The van der Waals surface area contributed by atoms with Crippen LogP contribution in [0.15, 0.2) is 0 Å². The van der Waals surface area contributed by atoms with Crippen LogP contribution in [0.3, 0.4) is 0 Å². The van der Waals surface area contributed by atoms with E-state index in [2.05, 4.69) is 30.6 Å². The summed E-state index contributed by atoms with van der Waals surface area (Å²) in [6.07, 6.45) is 5.45. The molecular formula is C13H23N7O. The number of aliphatic hydroxyl groups is 1. The number of nitrogens with one attached hydrogen (secondary N) is 2. The first-order valence-electron chi connectivity index (χ1n) is 7.57. The van der Waals surface area contributed by atoms with Crippen molar-refractivity contribution in [2.24, 2.45) is 11.3 Å². The largest absolute Gasteiger partial charge is 0.396 e. The normalized spacial score (nSPS) is 19.6. The van der Waals surface area contributed by atoms with Gasteiger partial charge in [-0.1, -0.05) is 0 Å². The maximum Gasteiger partial charge on any atom is 0.243 e. The average molecular weight is 293 g/mol. The van der Waals surface area contributed by atoms with Gasteiger partial charge in [-0.3, -0.25) is 5.43 Å². The molecule has 5 N–H and O–H groups in total. The fourth-order valence-electron chi connectivity index (χ4n) is 2.76. The van der Waals surface area contributed by atoms with Crippen LogP contribution in [-0.2, 0) is 0 Å². The topological polar surface area (TPSA) is 112 Å². The van der Waals surface area contributed by atoms with Gasteiger partial charge in [-0.2, -0.15) is 15.0 Å². The summed E-state index contributed by atoms with van der Waals surface area (Å²) in [6, 6.07) is 0. The Morgan fingerprint density at radius 2 is 1.86 bits per heavy atom. The van der Waals surface area contributed by atoms with Gasteiger partial charge >= 0.3 is 0 Å². The zero-order valence-corrected chi connectivity index (χ0v) is 12.2. The van der Waals surface area contributed by atoms with E-state index in [0.29, 0.717) is 17.8 Å². The molecule has 0 spiro atoms. The van der Waals surface area contributed by atoms with Crippen LogP contribution in [0.2, 0.25) is 0 Å². The second-order valence-corrected chi connectivity index (χ2v) is 5.95. The van der Waals surface area contributed by atoms with Crippen molar-refractivity contribution in [2.75, 3.05) is 41.9 Å². The number of nitrogens with zero attached hydrogens (tertiary/aromatic N) is 4. The lowest BCUT2D eigenvalue weighted by molar-refractivity contribution is 0.253. The highest BCUT2D eigenvalue weighted by Crippen LogP contribution is 2.48. The summed E-state index contributed by atoms with van der Waals surface area (Å²) in [5, 5.41) is 12.4. The summed E-state index contributed by atoms with van der Waals surface area (Å²) in [5.41, 5.74) is 2.71. The number of anilines is 3. The van der Waals surface area contributed by atoms with E-state index in [1.165, 1.54) is 12.8 Å². The minimum atomic E-state index is 0.214. The van der Waals surface area contributed by atoms with Gasteiger partial charge < -0.3 is 15.3 Å². The number of rotatable bonds is 7. The van der Waals surface area contributed by atoms with Crippen LogP contribution in [-0.4, -0.2) is 46.3 Å². The lowest BCUT2D eigenvalue weighted by Gasteiger charge is -2.18. The minimum Gasteiger partial charge on any atom is -0.396 e. The first-order chi connectivity index (χ1) is 10.2. The Kier molecular flexibility index (Phi) is 4.07. The summed E-state index contributed by atoms with van der Waals surface area (Å²) in [6.45, 7) is 2.96. The summed E-state index contributed by atoms with van der Waals surface area (Å²) >= 11 is 0. The molecule has 0 radical (unpaired) electrons. The van der Waals surface area contributed by atoms with Crippen LogP contribution in [0.1, 0.15) is 32.1 Å². The smallest absolute Gasteiger partial charge is 0.243 e. The first kappa shape index (κ1) is 14.3. The number of aromatic nitrogens is 3. The van der Waals surface area contributed by atoms with Crippen LogP contribution in [0, 0.1) is 5.41 Å². The maximum absolute atomic E-state index is 9.11. The molecule has 1 aliphatic carbocycles. The molecule has 2 aliphatic rings. The molecule has 3 rings (SSSR count). The Hall–Kier alpha value is -1.67. The Balaban J connectivity index is 1.70. The molecular weight excluding hydrogens is 270 g/mol. The quantitative estimate of drug-likeness (QED) is 0.420. The van der Waals surface area contributed by atoms with Crippen LogP contribution < -0.4 is 21.5 Å². The molecule has 1 saturated heterocycles. The third-order valence-corrected chi connectivity index (χ3v) is 4.36. The molecule has 8 nitrogen and oxygen atoms in total. The zero-order chi connectivity index (χ0) is 14.7. The summed E-state index contributed by atoms with van der Waals surface area (Å²) in [5.74, 6) is 7.04. The Morgan fingerprint density at radius 1 is 1.14 bits per heavy atom. The van der Waals surface area contributed by atoms with Gasteiger partial charge in [-0.15, -0.1) is 0 Å². The number of nitrogen functional groups attached to an aromatic ring is 1. The van der Waals surface area contributed by atoms with Crippen LogP contribution >= 0.6 is 0 Å². The summed E-state index contributed by atoms with van der Waals surface area (Å²) in [4.78, 5) is 15.2. The monoisotopic (exact) mass is 293 g/mol. The van der Waals surface area contributed by atoms with Crippen molar-refractivity contribution in [1.82, 2.24) is 15.0 Å². The number of hydrogen-bond acceptors (Lipinski definition) is 8. The van der Waals surface area contributed by atoms with E-state index in [0.717, 1.165) is 38.9 Å². The highest BCUT2D eigenvalue weighted by Gasteiger charge is 2.41. The van der Waals surface area contributed by atoms with Gasteiger partial charge in [0.15, 0.2) is 0 Å². The lowest BCUT2D eigenvalue weighted by atomic mass is 10.0. The highest BCUT2D eigenvalue weighted by molar-refractivity contribution is 5.44. The second kappa shape index (κ2) is 5.98. The van der Waals surface area contributed by atoms with Crippen LogP contribution in [0.4, 0.5) is 17.8 Å². The van der Waals surface area contributed by atoms with Crippen LogP contribution in [0.5, 0.6) is 0 Å². The van der Waals surface area contributed by atoms with Gasteiger partial charge in [0.25, 0.3) is 0 Å². The first-order valence-corrected chi connectivity index (χ1v) is 7.57.